The lowest BCUT2D eigenvalue weighted by molar-refractivity contribution is -0.116. The third-order valence-electron chi connectivity index (χ3n) is 3.39. The van der Waals surface area contributed by atoms with Gasteiger partial charge in [-0.05, 0) is 30.3 Å². The summed E-state index contributed by atoms with van der Waals surface area (Å²) in [5.74, 6) is -1.92. The summed E-state index contributed by atoms with van der Waals surface area (Å²) >= 11 is 0. The molecule has 0 spiro atoms. The van der Waals surface area contributed by atoms with Crippen LogP contribution >= 0.6 is 0 Å². The van der Waals surface area contributed by atoms with Gasteiger partial charge in [-0.3, -0.25) is 19.0 Å². The van der Waals surface area contributed by atoms with Gasteiger partial charge in [0.2, 0.25) is 5.91 Å². The summed E-state index contributed by atoms with van der Waals surface area (Å²) in [6.07, 6.45) is 0. The standard InChI is InChI=1S/C16H11F2N3O3/c17-9-5-6-13-12(7-9)20-15(23)16(24)21(13)8-14(22)19-11-4-2-1-3-10(11)18/h1-7H,8H2,(H,19,22)(H,20,23). The Hall–Kier alpha value is -3.29. The van der Waals surface area contributed by atoms with Crippen LogP contribution < -0.4 is 16.4 Å². The van der Waals surface area contributed by atoms with Gasteiger partial charge in [-0.15, -0.1) is 0 Å². The number of aromatic amines is 1. The molecule has 3 rings (SSSR count). The van der Waals surface area contributed by atoms with E-state index in [0.717, 1.165) is 16.7 Å². The van der Waals surface area contributed by atoms with E-state index in [1.165, 1.54) is 30.3 Å². The van der Waals surface area contributed by atoms with Crippen molar-refractivity contribution in [3.8, 4) is 0 Å². The van der Waals surface area contributed by atoms with Crippen molar-refractivity contribution in [3.63, 3.8) is 0 Å². The average Bonchev–Trinajstić information content (AvgIpc) is 2.54. The first-order valence-corrected chi connectivity index (χ1v) is 6.92. The Morgan fingerprint density at radius 3 is 2.62 bits per heavy atom. The maximum absolute atomic E-state index is 13.5. The van der Waals surface area contributed by atoms with E-state index in [9.17, 15) is 23.2 Å². The number of carbonyl (C=O) groups excluding carboxylic acids is 1. The smallest absolute Gasteiger partial charge is 0.317 e. The molecule has 1 heterocycles. The highest BCUT2D eigenvalue weighted by Crippen LogP contribution is 2.13. The minimum Gasteiger partial charge on any atom is -0.322 e. The summed E-state index contributed by atoms with van der Waals surface area (Å²) in [6.45, 7) is -0.515. The Morgan fingerprint density at radius 2 is 1.88 bits per heavy atom. The van der Waals surface area contributed by atoms with E-state index in [1.807, 2.05) is 0 Å². The number of anilines is 1. The van der Waals surface area contributed by atoms with E-state index in [-0.39, 0.29) is 16.7 Å². The second kappa shape index (κ2) is 6.07. The van der Waals surface area contributed by atoms with Gasteiger partial charge in [-0.1, -0.05) is 12.1 Å². The van der Waals surface area contributed by atoms with Crippen molar-refractivity contribution in [2.75, 3.05) is 5.32 Å². The quantitative estimate of drug-likeness (QED) is 0.715. The molecule has 0 radical (unpaired) electrons. The molecule has 0 aliphatic rings. The molecule has 0 unspecified atom stereocenters. The molecule has 6 nitrogen and oxygen atoms in total. The number of aromatic nitrogens is 2. The zero-order chi connectivity index (χ0) is 17.3. The van der Waals surface area contributed by atoms with Gasteiger partial charge in [0, 0.05) is 0 Å². The third-order valence-corrected chi connectivity index (χ3v) is 3.39. The van der Waals surface area contributed by atoms with Crippen molar-refractivity contribution in [1.82, 2.24) is 9.55 Å². The molecule has 2 aromatic carbocycles. The number of hydrogen-bond acceptors (Lipinski definition) is 3. The molecule has 0 aliphatic carbocycles. The van der Waals surface area contributed by atoms with Crippen molar-refractivity contribution >= 4 is 22.6 Å². The normalized spacial score (nSPS) is 10.8. The molecule has 1 amide bonds. The van der Waals surface area contributed by atoms with Gasteiger partial charge in [0.15, 0.2) is 0 Å². The van der Waals surface area contributed by atoms with Crippen LogP contribution in [-0.2, 0) is 11.3 Å². The Bertz CT molecular complexity index is 1060. The first-order valence-electron chi connectivity index (χ1n) is 6.92. The van der Waals surface area contributed by atoms with Crippen LogP contribution in [0.3, 0.4) is 0 Å². The second-order valence-corrected chi connectivity index (χ2v) is 5.03. The summed E-state index contributed by atoms with van der Waals surface area (Å²) in [5.41, 5.74) is -1.72. The van der Waals surface area contributed by atoms with Crippen molar-refractivity contribution in [2.24, 2.45) is 0 Å². The van der Waals surface area contributed by atoms with Gasteiger partial charge in [0.1, 0.15) is 18.2 Å². The molecule has 8 heteroatoms. The van der Waals surface area contributed by atoms with E-state index in [2.05, 4.69) is 10.3 Å². The molecule has 0 fully saturated rings. The van der Waals surface area contributed by atoms with Crippen LogP contribution in [0.15, 0.2) is 52.1 Å². The van der Waals surface area contributed by atoms with Gasteiger partial charge in [0.25, 0.3) is 0 Å². The molecule has 2 N–H and O–H groups in total. The van der Waals surface area contributed by atoms with E-state index in [1.54, 1.807) is 0 Å². The summed E-state index contributed by atoms with van der Waals surface area (Å²) in [6, 6.07) is 8.96. The number of nitrogens with zero attached hydrogens (tertiary/aromatic N) is 1. The Morgan fingerprint density at radius 1 is 1.12 bits per heavy atom. The molecular formula is C16H11F2N3O3. The minimum atomic E-state index is -0.980. The molecule has 122 valence electrons. The number of carbonyl (C=O) groups is 1. The number of nitrogens with one attached hydrogen (secondary N) is 2. The Labute approximate surface area is 133 Å². The molecule has 24 heavy (non-hydrogen) atoms. The Kier molecular flexibility index (Phi) is 3.95. The zero-order valence-electron chi connectivity index (χ0n) is 12.2. The highest BCUT2D eigenvalue weighted by atomic mass is 19.1. The van der Waals surface area contributed by atoms with Gasteiger partial charge >= 0.3 is 11.1 Å². The van der Waals surface area contributed by atoms with Crippen LogP contribution in [0.2, 0.25) is 0 Å². The van der Waals surface area contributed by atoms with Gasteiger partial charge in [-0.25, -0.2) is 8.78 Å². The van der Waals surface area contributed by atoms with Crippen molar-refractivity contribution < 1.29 is 13.6 Å². The van der Waals surface area contributed by atoms with Crippen molar-refractivity contribution in [2.45, 2.75) is 6.54 Å². The molecule has 0 atom stereocenters. The number of amides is 1. The summed E-state index contributed by atoms with van der Waals surface area (Å²) in [7, 11) is 0. The van der Waals surface area contributed by atoms with E-state index in [0.29, 0.717) is 0 Å². The summed E-state index contributed by atoms with van der Waals surface area (Å²) in [5, 5.41) is 2.32. The van der Waals surface area contributed by atoms with Gasteiger partial charge in [0.05, 0.1) is 16.7 Å². The minimum absolute atomic E-state index is 0.0456. The van der Waals surface area contributed by atoms with Crippen LogP contribution in [0, 0.1) is 11.6 Å². The highest BCUT2D eigenvalue weighted by Gasteiger charge is 2.13. The molecular weight excluding hydrogens is 320 g/mol. The largest absolute Gasteiger partial charge is 0.322 e. The fraction of sp³-hybridized carbons (Fsp3) is 0.0625. The molecule has 0 bridgehead atoms. The van der Waals surface area contributed by atoms with Crippen LogP contribution in [0.1, 0.15) is 0 Å². The lowest BCUT2D eigenvalue weighted by Gasteiger charge is -2.10. The van der Waals surface area contributed by atoms with Gasteiger partial charge in [-0.2, -0.15) is 0 Å². The van der Waals surface area contributed by atoms with E-state index in [4.69, 9.17) is 0 Å². The predicted molar refractivity (Wildman–Crippen MR) is 83.8 cm³/mol. The third kappa shape index (κ3) is 2.94. The fourth-order valence-corrected chi connectivity index (χ4v) is 2.30. The number of fused-ring (bicyclic) bond motifs is 1. The molecule has 1 aromatic heterocycles. The maximum Gasteiger partial charge on any atom is 0.317 e. The lowest BCUT2D eigenvalue weighted by atomic mass is 10.2. The van der Waals surface area contributed by atoms with Gasteiger partial charge < -0.3 is 10.3 Å². The highest BCUT2D eigenvalue weighted by molar-refractivity contribution is 5.91. The van der Waals surface area contributed by atoms with E-state index < -0.39 is 35.2 Å². The number of H-pyrrole nitrogens is 1. The molecule has 3 aromatic rings. The predicted octanol–water partition coefficient (Wildman–Crippen LogP) is 1.61. The first kappa shape index (κ1) is 15.6. The van der Waals surface area contributed by atoms with Crippen LogP contribution in [0.5, 0.6) is 0 Å². The van der Waals surface area contributed by atoms with Crippen LogP contribution in [-0.4, -0.2) is 15.5 Å². The molecule has 0 aliphatic heterocycles. The van der Waals surface area contributed by atoms with Crippen LogP contribution in [0.4, 0.5) is 14.5 Å². The number of rotatable bonds is 3. The fourth-order valence-electron chi connectivity index (χ4n) is 2.30. The number of benzene rings is 2. The Balaban J connectivity index is 1.99. The number of halogens is 2. The first-order chi connectivity index (χ1) is 11.5. The molecule has 0 saturated carbocycles. The van der Waals surface area contributed by atoms with Crippen molar-refractivity contribution in [1.29, 1.82) is 0 Å². The number of hydrogen-bond donors (Lipinski definition) is 2. The van der Waals surface area contributed by atoms with Crippen molar-refractivity contribution in [3.05, 3.63) is 74.8 Å². The summed E-state index contributed by atoms with van der Waals surface area (Å²) in [4.78, 5) is 38.0. The maximum atomic E-state index is 13.5. The molecule has 0 saturated heterocycles. The topological polar surface area (TPSA) is 84.0 Å². The SMILES string of the molecule is O=C(Cn1c(=O)c(=O)[nH]c2cc(F)ccc21)Nc1ccccc1F. The lowest BCUT2D eigenvalue weighted by Crippen LogP contribution is -2.38. The average molecular weight is 331 g/mol. The zero-order valence-corrected chi connectivity index (χ0v) is 12.2. The second-order valence-electron chi connectivity index (χ2n) is 5.03. The van der Waals surface area contributed by atoms with E-state index >= 15 is 0 Å². The summed E-state index contributed by atoms with van der Waals surface area (Å²) < 4.78 is 27.7. The monoisotopic (exact) mass is 331 g/mol. The van der Waals surface area contributed by atoms with Crippen LogP contribution in [0.25, 0.3) is 11.0 Å². The number of para-hydroxylation sites is 1.